The van der Waals surface area contributed by atoms with Crippen LogP contribution in [0.15, 0.2) is 53.4 Å². The Morgan fingerprint density at radius 1 is 1.04 bits per heavy atom. The Labute approximate surface area is 152 Å². The fourth-order valence-electron chi connectivity index (χ4n) is 2.70. The van der Waals surface area contributed by atoms with Gasteiger partial charge in [-0.1, -0.05) is 12.1 Å². The van der Waals surface area contributed by atoms with E-state index in [9.17, 15) is 13.2 Å². The largest absolute Gasteiger partial charge is 0.497 e. The summed E-state index contributed by atoms with van der Waals surface area (Å²) in [6.45, 7) is 0.296. The zero-order valence-electron chi connectivity index (χ0n) is 14.5. The van der Waals surface area contributed by atoms with Crippen LogP contribution in [0.2, 0.25) is 0 Å². The molecule has 0 atom stereocenters. The van der Waals surface area contributed by atoms with Crippen molar-refractivity contribution in [3.63, 3.8) is 0 Å². The topological polar surface area (TPSA) is 84.9 Å². The molecule has 26 heavy (non-hydrogen) atoms. The van der Waals surface area contributed by atoms with Crippen LogP contribution in [0.1, 0.15) is 0 Å². The summed E-state index contributed by atoms with van der Waals surface area (Å²) in [7, 11) is -0.440. The molecule has 1 heterocycles. The van der Waals surface area contributed by atoms with E-state index in [2.05, 4.69) is 5.32 Å². The molecule has 0 saturated carbocycles. The Morgan fingerprint density at radius 2 is 1.69 bits per heavy atom. The molecule has 3 rings (SSSR count). The van der Waals surface area contributed by atoms with Crippen LogP contribution < -0.4 is 14.8 Å². The summed E-state index contributed by atoms with van der Waals surface area (Å²) < 4.78 is 35.5. The van der Waals surface area contributed by atoms with Gasteiger partial charge in [-0.15, -0.1) is 0 Å². The van der Waals surface area contributed by atoms with Crippen molar-refractivity contribution in [3.05, 3.63) is 48.5 Å². The highest BCUT2D eigenvalue weighted by molar-refractivity contribution is 7.92. The minimum atomic E-state index is -3.48. The number of carbonyl (C=O) groups excluding carboxylic acids is 1. The quantitative estimate of drug-likeness (QED) is 0.866. The first-order valence-electron chi connectivity index (χ1n) is 8.02. The maximum absolute atomic E-state index is 12.6. The predicted molar refractivity (Wildman–Crippen MR) is 97.6 cm³/mol. The molecule has 1 fully saturated rings. The van der Waals surface area contributed by atoms with Gasteiger partial charge in [-0.3, -0.25) is 0 Å². The van der Waals surface area contributed by atoms with Gasteiger partial charge in [0.1, 0.15) is 16.7 Å². The van der Waals surface area contributed by atoms with Crippen molar-refractivity contribution in [1.29, 1.82) is 0 Å². The van der Waals surface area contributed by atoms with Crippen molar-refractivity contribution in [3.8, 4) is 11.5 Å². The van der Waals surface area contributed by atoms with E-state index in [1.54, 1.807) is 36.4 Å². The highest BCUT2D eigenvalue weighted by Crippen LogP contribution is 2.27. The normalized spacial score (nSPS) is 14.5. The van der Waals surface area contributed by atoms with E-state index in [1.165, 1.54) is 31.3 Å². The molecule has 2 aromatic rings. The lowest BCUT2D eigenvalue weighted by Gasteiger charge is -2.38. The molecular formula is C18H20N2O5S. The first kappa shape index (κ1) is 18.1. The van der Waals surface area contributed by atoms with Gasteiger partial charge >= 0.3 is 6.03 Å². The second kappa shape index (κ2) is 7.25. The van der Waals surface area contributed by atoms with Crippen LogP contribution in [0.5, 0.6) is 11.5 Å². The van der Waals surface area contributed by atoms with Gasteiger partial charge in [0.25, 0.3) is 0 Å². The van der Waals surface area contributed by atoms with Gasteiger partial charge in [0.05, 0.1) is 24.8 Å². The third-order valence-electron chi connectivity index (χ3n) is 4.31. The number of urea groups is 1. The minimum absolute atomic E-state index is 0.148. The zero-order valence-corrected chi connectivity index (χ0v) is 15.3. The van der Waals surface area contributed by atoms with Crippen molar-refractivity contribution in [1.82, 2.24) is 4.90 Å². The van der Waals surface area contributed by atoms with E-state index in [4.69, 9.17) is 9.47 Å². The lowest BCUT2D eigenvalue weighted by atomic mass is 10.2. The average Bonchev–Trinajstić information content (AvgIpc) is 2.60. The smallest absolute Gasteiger partial charge is 0.322 e. The number of sulfone groups is 1. The molecule has 7 nitrogen and oxygen atoms in total. The molecule has 1 saturated heterocycles. The predicted octanol–water partition coefficient (Wildman–Crippen LogP) is 2.39. The van der Waals surface area contributed by atoms with Crippen LogP contribution in [-0.2, 0) is 9.84 Å². The van der Waals surface area contributed by atoms with Crippen LogP contribution in [-0.4, -0.2) is 51.9 Å². The van der Waals surface area contributed by atoms with E-state index in [1.807, 2.05) is 0 Å². The fraction of sp³-hybridized carbons (Fsp3) is 0.278. The van der Waals surface area contributed by atoms with Crippen LogP contribution in [0, 0.1) is 0 Å². The summed E-state index contributed by atoms with van der Waals surface area (Å²) in [6, 6.07) is 13.0. The zero-order chi connectivity index (χ0) is 18.7. The maximum Gasteiger partial charge on any atom is 0.322 e. The lowest BCUT2D eigenvalue weighted by Crippen LogP contribution is -2.58. The second-order valence-corrected chi connectivity index (χ2v) is 8.11. The Kier molecular flexibility index (Phi) is 5.03. The van der Waals surface area contributed by atoms with Gasteiger partial charge in [0, 0.05) is 13.1 Å². The highest BCUT2D eigenvalue weighted by Gasteiger charge is 2.40. The molecule has 0 aliphatic carbocycles. The molecule has 138 valence electrons. The van der Waals surface area contributed by atoms with Gasteiger partial charge in [-0.2, -0.15) is 0 Å². The molecule has 2 amide bonds. The Hall–Kier alpha value is -2.74. The Bertz CT molecular complexity index is 890. The van der Waals surface area contributed by atoms with Crippen LogP contribution in [0.3, 0.4) is 0 Å². The standard InChI is InChI=1S/C18H20N2O5S/c1-24-13-7-9-14(10-8-13)26(22,23)15-11-20(12-15)18(21)19-16-5-3-4-6-17(16)25-2/h3-10,15H,11-12H2,1-2H3,(H,19,21). The molecule has 0 bridgehead atoms. The summed E-state index contributed by atoms with van der Waals surface area (Å²) in [6.07, 6.45) is 0. The molecule has 0 aromatic heterocycles. The molecule has 8 heteroatoms. The molecule has 1 aliphatic heterocycles. The number of para-hydroxylation sites is 2. The van der Waals surface area contributed by atoms with Gasteiger partial charge in [-0.05, 0) is 36.4 Å². The van der Waals surface area contributed by atoms with Crippen molar-refractivity contribution >= 4 is 21.6 Å². The van der Waals surface area contributed by atoms with Crippen molar-refractivity contribution < 1.29 is 22.7 Å². The highest BCUT2D eigenvalue weighted by atomic mass is 32.2. The van der Waals surface area contributed by atoms with E-state index >= 15 is 0 Å². The van der Waals surface area contributed by atoms with Crippen LogP contribution in [0.25, 0.3) is 0 Å². The number of likely N-dealkylation sites (tertiary alicyclic amines) is 1. The van der Waals surface area contributed by atoms with E-state index in [0.717, 1.165) is 0 Å². The number of nitrogens with one attached hydrogen (secondary N) is 1. The lowest BCUT2D eigenvalue weighted by molar-refractivity contribution is 0.182. The summed E-state index contributed by atoms with van der Waals surface area (Å²) in [5, 5.41) is 2.13. The van der Waals surface area contributed by atoms with E-state index in [0.29, 0.717) is 17.2 Å². The second-order valence-electron chi connectivity index (χ2n) is 5.88. The number of anilines is 1. The number of rotatable bonds is 5. The molecule has 2 aromatic carbocycles. The Morgan fingerprint density at radius 3 is 2.31 bits per heavy atom. The number of methoxy groups -OCH3 is 2. The number of hydrogen-bond donors (Lipinski definition) is 1. The number of benzene rings is 2. The third-order valence-corrected chi connectivity index (χ3v) is 6.42. The number of ether oxygens (including phenoxy) is 2. The average molecular weight is 376 g/mol. The Balaban J connectivity index is 1.63. The van der Waals surface area contributed by atoms with Crippen LogP contribution in [0.4, 0.5) is 10.5 Å². The summed E-state index contributed by atoms with van der Waals surface area (Å²) in [5.74, 6) is 1.14. The molecule has 0 radical (unpaired) electrons. The molecule has 0 unspecified atom stereocenters. The number of nitrogens with zero attached hydrogens (tertiary/aromatic N) is 1. The summed E-state index contributed by atoms with van der Waals surface area (Å²) in [5.41, 5.74) is 0.543. The van der Waals surface area contributed by atoms with Crippen molar-refractivity contribution in [2.45, 2.75) is 10.1 Å². The van der Waals surface area contributed by atoms with E-state index in [-0.39, 0.29) is 24.0 Å². The monoisotopic (exact) mass is 376 g/mol. The maximum atomic E-state index is 12.6. The number of carbonyl (C=O) groups is 1. The fourth-order valence-corrected chi connectivity index (χ4v) is 4.35. The van der Waals surface area contributed by atoms with Gasteiger partial charge < -0.3 is 19.7 Å². The summed E-state index contributed by atoms with van der Waals surface area (Å²) in [4.78, 5) is 14.0. The number of amides is 2. The minimum Gasteiger partial charge on any atom is -0.497 e. The van der Waals surface area contributed by atoms with Crippen molar-refractivity contribution in [2.75, 3.05) is 32.6 Å². The van der Waals surface area contributed by atoms with Gasteiger partial charge in [-0.25, -0.2) is 13.2 Å². The molecule has 0 spiro atoms. The first-order valence-corrected chi connectivity index (χ1v) is 9.57. The number of hydrogen-bond acceptors (Lipinski definition) is 5. The van der Waals surface area contributed by atoms with E-state index < -0.39 is 15.1 Å². The first-order chi connectivity index (χ1) is 12.5. The molecule has 1 aliphatic rings. The molecule has 1 N–H and O–H groups in total. The van der Waals surface area contributed by atoms with Gasteiger partial charge in [0.2, 0.25) is 0 Å². The van der Waals surface area contributed by atoms with Gasteiger partial charge in [0.15, 0.2) is 9.84 Å². The van der Waals surface area contributed by atoms with Crippen LogP contribution >= 0.6 is 0 Å². The summed E-state index contributed by atoms with van der Waals surface area (Å²) >= 11 is 0. The SMILES string of the molecule is COc1ccc(S(=O)(=O)C2CN(C(=O)Nc3ccccc3OC)C2)cc1. The van der Waals surface area contributed by atoms with Crippen molar-refractivity contribution in [2.24, 2.45) is 0 Å². The molecular weight excluding hydrogens is 356 g/mol. The third kappa shape index (κ3) is 3.45.